The molecule has 0 saturated heterocycles. The highest BCUT2D eigenvalue weighted by molar-refractivity contribution is 5.56. The quantitative estimate of drug-likeness (QED) is 0.573. The Morgan fingerprint density at radius 2 is 1.32 bits per heavy atom. The molecule has 1 aromatic carbocycles. The summed E-state index contributed by atoms with van der Waals surface area (Å²) in [5.41, 5.74) is -0.0202. The van der Waals surface area contributed by atoms with Gasteiger partial charge < -0.3 is 18.7 Å². The third-order valence-corrected chi connectivity index (χ3v) is 4.17. The van der Waals surface area contributed by atoms with E-state index in [1.807, 2.05) is 0 Å². The van der Waals surface area contributed by atoms with Gasteiger partial charge in [-0.05, 0) is 31.5 Å². The van der Waals surface area contributed by atoms with Crippen LogP contribution in [0.15, 0.2) is 54.8 Å². The van der Waals surface area contributed by atoms with E-state index in [0.717, 1.165) is 0 Å². The first-order chi connectivity index (χ1) is 11.9. The van der Waals surface area contributed by atoms with Crippen molar-refractivity contribution < 1.29 is 18.7 Å². The lowest BCUT2D eigenvalue weighted by atomic mass is 9.84. The standard InChI is InChI=1S/C19H14O6/c1-9-7-13-16(18(21)23-9)15(11-3-5-12(20)6-4-11)17-14(25-13)8-10(2)24-19(17)22/h3-8,15,20H,1-2H3. The second-order valence-electron chi connectivity index (χ2n) is 5.97. The maximum atomic E-state index is 12.5. The summed E-state index contributed by atoms with van der Waals surface area (Å²) in [5, 5.41) is 9.54. The number of rotatable bonds is 1. The Bertz CT molecular complexity index is 1020. The molecule has 1 N–H and O–H groups in total. The number of phenols is 1. The highest BCUT2D eigenvalue weighted by atomic mass is 16.5. The molecule has 0 spiro atoms. The molecule has 0 amide bonds. The van der Waals surface area contributed by atoms with E-state index in [4.69, 9.17) is 13.6 Å². The molecular weight excluding hydrogens is 324 g/mol. The average Bonchev–Trinajstić information content (AvgIpc) is 2.53. The number of aryl methyl sites for hydroxylation is 2. The van der Waals surface area contributed by atoms with Crippen LogP contribution >= 0.6 is 0 Å². The molecule has 0 unspecified atom stereocenters. The van der Waals surface area contributed by atoms with Gasteiger partial charge in [0.05, 0.1) is 17.0 Å². The maximum absolute atomic E-state index is 12.5. The Morgan fingerprint density at radius 3 is 1.80 bits per heavy atom. The van der Waals surface area contributed by atoms with E-state index >= 15 is 0 Å². The molecule has 6 nitrogen and oxygen atoms in total. The van der Waals surface area contributed by atoms with Crippen LogP contribution in [0.2, 0.25) is 0 Å². The molecule has 3 aromatic rings. The Kier molecular flexibility index (Phi) is 3.28. The van der Waals surface area contributed by atoms with E-state index in [2.05, 4.69) is 0 Å². The van der Waals surface area contributed by atoms with Crippen LogP contribution in [0, 0.1) is 13.8 Å². The van der Waals surface area contributed by atoms with Gasteiger partial charge >= 0.3 is 11.3 Å². The molecule has 0 atom stereocenters. The zero-order chi connectivity index (χ0) is 17.7. The maximum Gasteiger partial charge on any atom is 0.343 e. The van der Waals surface area contributed by atoms with E-state index in [9.17, 15) is 14.7 Å². The molecule has 0 radical (unpaired) electrons. The van der Waals surface area contributed by atoms with Gasteiger partial charge in [-0.2, -0.15) is 0 Å². The van der Waals surface area contributed by atoms with Crippen LogP contribution in [0.3, 0.4) is 0 Å². The Morgan fingerprint density at radius 1 is 0.840 bits per heavy atom. The van der Waals surface area contributed by atoms with Crippen molar-refractivity contribution in [1.82, 2.24) is 0 Å². The van der Waals surface area contributed by atoms with Gasteiger partial charge in [0, 0.05) is 12.1 Å². The van der Waals surface area contributed by atoms with Gasteiger partial charge in [0.15, 0.2) is 0 Å². The van der Waals surface area contributed by atoms with Gasteiger partial charge in [-0.25, -0.2) is 9.59 Å². The molecule has 2 aromatic heterocycles. The second-order valence-corrected chi connectivity index (χ2v) is 5.97. The SMILES string of the molecule is Cc1cc2c(c(=O)o1)C(c1ccc(O)cc1)c1c(cc(C)oc1=O)O2. The number of benzene rings is 1. The van der Waals surface area contributed by atoms with Crippen molar-refractivity contribution in [1.29, 1.82) is 0 Å². The molecule has 0 aliphatic carbocycles. The first-order valence-corrected chi connectivity index (χ1v) is 7.70. The third-order valence-electron chi connectivity index (χ3n) is 4.17. The average molecular weight is 338 g/mol. The lowest BCUT2D eigenvalue weighted by molar-refractivity contribution is 0.388. The molecule has 1 aliphatic rings. The second kappa shape index (κ2) is 5.37. The lowest BCUT2D eigenvalue weighted by Crippen LogP contribution is -2.25. The van der Waals surface area contributed by atoms with Crippen LogP contribution < -0.4 is 16.0 Å². The first kappa shape index (κ1) is 15.3. The summed E-state index contributed by atoms with van der Waals surface area (Å²) in [7, 11) is 0. The summed E-state index contributed by atoms with van der Waals surface area (Å²) in [6.07, 6.45) is 0. The van der Waals surface area contributed by atoms with Gasteiger partial charge in [0.25, 0.3) is 0 Å². The van der Waals surface area contributed by atoms with Crippen LogP contribution in [0.25, 0.3) is 0 Å². The molecule has 0 fully saturated rings. The number of phenolic OH excluding ortho intramolecular Hbond substituents is 1. The fourth-order valence-corrected chi connectivity index (χ4v) is 3.14. The molecule has 4 rings (SSSR count). The van der Waals surface area contributed by atoms with E-state index in [1.165, 1.54) is 12.1 Å². The summed E-state index contributed by atoms with van der Waals surface area (Å²) in [6.45, 7) is 3.31. The highest BCUT2D eigenvalue weighted by Crippen LogP contribution is 2.44. The van der Waals surface area contributed by atoms with E-state index in [1.54, 1.807) is 38.1 Å². The van der Waals surface area contributed by atoms with E-state index in [0.29, 0.717) is 28.6 Å². The molecule has 0 bridgehead atoms. The molecule has 126 valence electrons. The number of fused-ring (bicyclic) bond motifs is 2. The molecule has 1 aliphatic heterocycles. The minimum absolute atomic E-state index is 0.0862. The van der Waals surface area contributed by atoms with Gasteiger partial charge in [-0.15, -0.1) is 0 Å². The predicted octanol–water partition coefficient (Wildman–Crippen LogP) is 3.20. The molecule has 25 heavy (non-hydrogen) atoms. The van der Waals surface area contributed by atoms with Crippen molar-refractivity contribution in [3.8, 4) is 17.2 Å². The van der Waals surface area contributed by atoms with Crippen LogP contribution in [0.5, 0.6) is 17.2 Å². The van der Waals surface area contributed by atoms with Crippen molar-refractivity contribution in [2.24, 2.45) is 0 Å². The van der Waals surface area contributed by atoms with Crippen LogP contribution in [-0.2, 0) is 0 Å². The van der Waals surface area contributed by atoms with E-state index < -0.39 is 17.2 Å². The molecule has 0 saturated carbocycles. The topological polar surface area (TPSA) is 89.9 Å². The van der Waals surface area contributed by atoms with Crippen molar-refractivity contribution >= 4 is 0 Å². The fraction of sp³-hybridized carbons (Fsp3) is 0.158. The Hall–Kier alpha value is -3.28. The van der Waals surface area contributed by atoms with Crippen molar-refractivity contribution in [2.45, 2.75) is 19.8 Å². The Balaban J connectivity index is 2.07. The molecular formula is C19H14O6. The molecule has 6 heteroatoms. The zero-order valence-corrected chi connectivity index (χ0v) is 13.5. The van der Waals surface area contributed by atoms with E-state index in [-0.39, 0.29) is 16.9 Å². The smallest absolute Gasteiger partial charge is 0.343 e. The van der Waals surface area contributed by atoms with Gasteiger partial charge in [0.1, 0.15) is 28.8 Å². The summed E-state index contributed by atoms with van der Waals surface area (Å²) in [5.74, 6) is 0.914. The van der Waals surface area contributed by atoms with Crippen LogP contribution in [-0.4, -0.2) is 5.11 Å². The van der Waals surface area contributed by atoms with Crippen molar-refractivity contribution in [2.75, 3.05) is 0 Å². The normalized spacial score (nSPS) is 13.0. The van der Waals surface area contributed by atoms with Gasteiger partial charge in [-0.1, -0.05) is 12.1 Å². The molecule has 3 heterocycles. The van der Waals surface area contributed by atoms with Crippen molar-refractivity contribution in [3.63, 3.8) is 0 Å². The third kappa shape index (κ3) is 2.42. The Labute approximate surface area is 141 Å². The zero-order valence-electron chi connectivity index (χ0n) is 13.5. The van der Waals surface area contributed by atoms with Gasteiger partial charge in [0.2, 0.25) is 0 Å². The summed E-state index contributed by atoms with van der Waals surface area (Å²) in [6, 6.07) is 9.54. The van der Waals surface area contributed by atoms with Crippen LogP contribution in [0.4, 0.5) is 0 Å². The monoisotopic (exact) mass is 338 g/mol. The number of hydrogen-bond acceptors (Lipinski definition) is 6. The van der Waals surface area contributed by atoms with Gasteiger partial charge in [-0.3, -0.25) is 0 Å². The number of ether oxygens (including phenoxy) is 1. The summed E-state index contributed by atoms with van der Waals surface area (Å²) >= 11 is 0. The number of aromatic hydroxyl groups is 1. The van der Waals surface area contributed by atoms with Crippen LogP contribution in [0.1, 0.15) is 34.1 Å². The highest BCUT2D eigenvalue weighted by Gasteiger charge is 2.35. The minimum atomic E-state index is -0.701. The largest absolute Gasteiger partial charge is 0.508 e. The summed E-state index contributed by atoms with van der Waals surface area (Å²) < 4.78 is 16.2. The number of hydrogen-bond donors (Lipinski definition) is 1. The predicted molar refractivity (Wildman–Crippen MR) is 88.6 cm³/mol. The minimum Gasteiger partial charge on any atom is -0.508 e. The first-order valence-electron chi connectivity index (χ1n) is 7.70. The van der Waals surface area contributed by atoms with Crippen molar-refractivity contribution in [3.05, 3.63) is 85.4 Å². The summed E-state index contributed by atoms with van der Waals surface area (Å²) in [4.78, 5) is 25.0. The fourth-order valence-electron chi connectivity index (χ4n) is 3.14. The lowest BCUT2D eigenvalue weighted by Gasteiger charge is -2.26.